The Labute approximate surface area is 197 Å². The lowest BCUT2D eigenvalue weighted by atomic mass is 10.1. The van der Waals surface area contributed by atoms with E-state index >= 15 is 0 Å². The fraction of sp³-hybridized carbons (Fsp3) is 0.348. The quantitative estimate of drug-likeness (QED) is 0.467. The molecule has 0 unspecified atom stereocenters. The fourth-order valence-corrected chi connectivity index (χ4v) is 3.30. The smallest absolute Gasteiger partial charge is 0.328 e. The number of ether oxygens (including phenoxy) is 1. The van der Waals surface area contributed by atoms with Gasteiger partial charge >= 0.3 is 6.03 Å². The minimum absolute atomic E-state index is 0.0840. The van der Waals surface area contributed by atoms with Crippen LogP contribution in [0.15, 0.2) is 30.1 Å². The summed E-state index contributed by atoms with van der Waals surface area (Å²) in [6, 6.07) is 6.51. The van der Waals surface area contributed by atoms with Gasteiger partial charge in [-0.25, -0.2) is 19.6 Å². The van der Waals surface area contributed by atoms with Crippen LogP contribution in [0.2, 0.25) is 0 Å². The number of nitrogens with one attached hydrogen (secondary N) is 2. The molecule has 0 radical (unpaired) electrons. The van der Waals surface area contributed by atoms with Gasteiger partial charge in [0.2, 0.25) is 0 Å². The van der Waals surface area contributed by atoms with E-state index < -0.39 is 6.03 Å². The Morgan fingerprint density at radius 2 is 2.21 bits per heavy atom. The number of aldehydes is 1. The van der Waals surface area contributed by atoms with E-state index in [1.807, 2.05) is 19.8 Å². The molecular formula is C23H25N7O4. The van der Waals surface area contributed by atoms with Crippen LogP contribution in [-0.2, 0) is 16.1 Å². The van der Waals surface area contributed by atoms with Gasteiger partial charge in [0, 0.05) is 44.0 Å². The van der Waals surface area contributed by atoms with Gasteiger partial charge in [-0.15, -0.1) is 0 Å². The molecule has 0 saturated carbocycles. The van der Waals surface area contributed by atoms with Crippen molar-refractivity contribution in [3.8, 4) is 6.07 Å². The summed E-state index contributed by atoms with van der Waals surface area (Å²) in [7, 11) is 1.51. The van der Waals surface area contributed by atoms with Crippen molar-refractivity contribution in [2.75, 3.05) is 42.3 Å². The number of morpholine rings is 1. The maximum Gasteiger partial charge on any atom is 0.328 e. The SMILES string of the molecule is CC(C)Nc1cc(NC(=O)N(C)c2ccc(CN3CCOCC3=C=O)c(C=O)n2)ncc1C#N. The van der Waals surface area contributed by atoms with Gasteiger partial charge < -0.3 is 15.0 Å². The van der Waals surface area contributed by atoms with Crippen LogP contribution in [0.3, 0.4) is 0 Å². The second kappa shape index (κ2) is 11.0. The molecular weight excluding hydrogens is 438 g/mol. The van der Waals surface area contributed by atoms with Gasteiger partial charge in [-0.1, -0.05) is 6.07 Å². The van der Waals surface area contributed by atoms with E-state index in [1.165, 1.54) is 18.1 Å². The zero-order chi connectivity index (χ0) is 24.7. The van der Waals surface area contributed by atoms with Crippen LogP contribution < -0.4 is 15.5 Å². The van der Waals surface area contributed by atoms with E-state index in [9.17, 15) is 19.6 Å². The van der Waals surface area contributed by atoms with Gasteiger partial charge in [-0.2, -0.15) is 5.26 Å². The zero-order valence-electron chi connectivity index (χ0n) is 19.2. The predicted octanol–water partition coefficient (Wildman–Crippen LogP) is 2.20. The maximum absolute atomic E-state index is 12.8. The van der Waals surface area contributed by atoms with Crippen molar-refractivity contribution in [3.05, 3.63) is 46.9 Å². The van der Waals surface area contributed by atoms with Crippen molar-refractivity contribution in [2.45, 2.75) is 26.4 Å². The van der Waals surface area contributed by atoms with E-state index in [4.69, 9.17) is 4.74 Å². The third kappa shape index (κ3) is 5.75. The number of nitrogens with zero attached hydrogens (tertiary/aromatic N) is 5. The van der Waals surface area contributed by atoms with E-state index in [0.29, 0.717) is 48.5 Å². The van der Waals surface area contributed by atoms with Crippen molar-refractivity contribution in [1.29, 1.82) is 5.26 Å². The van der Waals surface area contributed by atoms with Crippen LogP contribution in [0.4, 0.5) is 22.1 Å². The van der Waals surface area contributed by atoms with Crippen molar-refractivity contribution in [2.24, 2.45) is 0 Å². The molecule has 1 fully saturated rings. The molecule has 1 aliphatic heterocycles. The minimum atomic E-state index is -0.524. The summed E-state index contributed by atoms with van der Waals surface area (Å²) >= 11 is 0. The molecule has 2 N–H and O–H groups in total. The molecule has 0 atom stereocenters. The van der Waals surface area contributed by atoms with Crippen molar-refractivity contribution in [1.82, 2.24) is 14.9 Å². The molecule has 2 aromatic heterocycles. The highest BCUT2D eigenvalue weighted by Gasteiger charge is 2.20. The van der Waals surface area contributed by atoms with Crippen molar-refractivity contribution in [3.63, 3.8) is 0 Å². The van der Waals surface area contributed by atoms with Gasteiger partial charge in [-0.05, 0) is 19.9 Å². The van der Waals surface area contributed by atoms with Gasteiger partial charge in [0.15, 0.2) is 6.29 Å². The first-order valence-corrected chi connectivity index (χ1v) is 10.6. The lowest BCUT2D eigenvalue weighted by Crippen LogP contribution is -2.35. The standard InChI is InChI=1S/C23H25N7O4/c1-15(2)26-19-8-21(25-10-17(19)9-24)28-23(33)29(3)22-5-4-16(20(13-32)27-22)11-30-6-7-34-14-18(30)12-31/h4-5,8,10,13,15H,6-7,11,14H2,1-3H3,(H2,25,26,28,33). The van der Waals surface area contributed by atoms with E-state index in [2.05, 4.69) is 26.7 Å². The Kier molecular flexibility index (Phi) is 7.92. The van der Waals surface area contributed by atoms with Crippen LogP contribution in [0.5, 0.6) is 0 Å². The molecule has 0 bridgehead atoms. The molecule has 34 heavy (non-hydrogen) atoms. The van der Waals surface area contributed by atoms with Gasteiger partial charge in [-0.3, -0.25) is 15.0 Å². The summed E-state index contributed by atoms with van der Waals surface area (Å²) in [5, 5.41) is 15.1. The number of urea groups is 1. The normalized spacial score (nSPS) is 13.1. The van der Waals surface area contributed by atoms with E-state index in [0.717, 1.165) is 0 Å². The number of pyridine rings is 2. The number of carbonyl (C=O) groups is 2. The molecule has 3 rings (SSSR count). The highest BCUT2D eigenvalue weighted by Crippen LogP contribution is 2.21. The van der Waals surface area contributed by atoms with Gasteiger partial charge in [0.1, 0.15) is 35.0 Å². The third-order valence-electron chi connectivity index (χ3n) is 5.07. The zero-order valence-corrected chi connectivity index (χ0v) is 19.2. The number of hydrogen-bond acceptors (Lipinski definition) is 9. The number of anilines is 3. The summed E-state index contributed by atoms with van der Waals surface area (Å²) in [4.78, 5) is 47.1. The van der Waals surface area contributed by atoms with Crippen LogP contribution >= 0.6 is 0 Å². The maximum atomic E-state index is 12.8. The average molecular weight is 463 g/mol. The second-order valence-electron chi connectivity index (χ2n) is 7.87. The van der Waals surface area contributed by atoms with Crippen LogP contribution in [0.25, 0.3) is 0 Å². The van der Waals surface area contributed by atoms with Gasteiger partial charge in [0.25, 0.3) is 0 Å². The molecule has 1 saturated heterocycles. The van der Waals surface area contributed by atoms with E-state index in [-0.39, 0.29) is 30.0 Å². The molecule has 0 aliphatic carbocycles. The molecule has 176 valence electrons. The average Bonchev–Trinajstić information content (AvgIpc) is 2.84. The molecule has 0 aromatic carbocycles. The Balaban J connectivity index is 1.76. The number of carbonyl (C=O) groups excluding carboxylic acids is 3. The molecule has 2 aromatic rings. The molecule has 3 heterocycles. The summed E-state index contributed by atoms with van der Waals surface area (Å²) < 4.78 is 5.26. The van der Waals surface area contributed by atoms with Crippen molar-refractivity contribution >= 4 is 35.6 Å². The summed E-state index contributed by atoms with van der Waals surface area (Å²) in [6.45, 7) is 5.30. The molecule has 11 heteroatoms. The largest absolute Gasteiger partial charge is 0.382 e. The van der Waals surface area contributed by atoms with Crippen LogP contribution in [0, 0.1) is 11.3 Å². The van der Waals surface area contributed by atoms with Crippen LogP contribution in [-0.4, -0.2) is 66.0 Å². The Bertz CT molecular complexity index is 1170. The Morgan fingerprint density at radius 1 is 1.41 bits per heavy atom. The highest BCUT2D eigenvalue weighted by molar-refractivity contribution is 6.00. The lowest BCUT2D eigenvalue weighted by molar-refractivity contribution is 0.0718. The molecule has 0 spiro atoms. The Morgan fingerprint density at radius 3 is 2.88 bits per heavy atom. The first kappa shape index (κ1) is 24.4. The third-order valence-corrected chi connectivity index (χ3v) is 5.07. The number of aromatic nitrogens is 2. The topological polar surface area (TPSA) is 141 Å². The van der Waals surface area contributed by atoms with Crippen LogP contribution in [0.1, 0.15) is 35.5 Å². The number of nitriles is 1. The molecule has 2 amide bonds. The van der Waals surface area contributed by atoms with E-state index in [1.54, 1.807) is 23.1 Å². The number of amides is 2. The highest BCUT2D eigenvalue weighted by atomic mass is 16.5. The first-order chi connectivity index (χ1) is 16.4. The monoisotopic (exact) mass is 463 g/mol. The lowest BCUT2D eigenvalue weighted by Gasteiger charge is -2.29. The summed E-state index contributed by atoms with van der Waals surface area (Å²) in [5.74, 6) is 2.38. The number of rotatable bonds is 7. The minimum Gasteiger partial charge on any atom is -0.382 e. The van der Waals surface area contributed by atoms with Gasteiger partial charge in [0.05, 0.1) is 24.5 Å². The fourth-order valence-electron chi connectivity index (χ4n) is 3.30. The Hall–Kier alpha value is -4.26. The predicted molar refractivity (Wildman–Crippen MR) is 125 cm³/mol. The number of hydrogen-bond donors (Lipinski definition) is 2. The summed E-state index contributed by atoms with van der Waals surface area (Å²) in [5.41, 5.74) is 2.07. The molecule has 1 aliphatic rings. The van der Waals surface area contributed by atoms with Crippen molar-refractivity contribution < 1.29 is 19.1 Å². The second-order valence-corrected chi connectivity index (χ2v) is 7.87. The summed E-state index contributed by atoms with van der Waals surface area (Å²) in [6.07, 6.45) is 1.99. The molecule has 11 nitrogen and oxygen atoms in total. The first-order valence-electron chi connectivity index (χ1n) is 10.6.